The van der Waals surface area contributed by atoms with Gasteiger partial charge in [-0.1, -0.05) is 13.8 Å². The Morgan fingerprint density at radius 3 is 2.76 bits per heavy atom. The van der Waals surface area contributed by atoms with E-state index in [9.17, 15) is 4.79 Å². The summed E-state index contributed by atoms with van der Waals surface area (Å²) in [7, 11) is 0. The number of hydrogen-bond acceptors (Lipinski definition) is 2. The largest absolute Gasteiger partial charge is 0.298 e. The maximum absolute atomic E-state index is 12.4. The number of carbonyl (C=O) groups is 1. The standard InChI is InChI=1S/C15H19NO/c1-10(2)14(17)15(7-8-15)12-6-9-16-13-5-3-4-11(12)13/h6,9-10H,3-5,7-8H2,1-2H3. The van der Waals surface area contributed by atoms with E-state index < -0.39 is 0 Å². The number of carbonyl (C=O) groups excluding carboxylic acids is 1. The molecule has 1 heterocycles. The second kappa shape index (κ2) is 3.66. The van der Waals surface area contributed by atoms with Crippen molar-refractivity contribution in [2.24, 2.45) is 5.92 Å². The summed E-state index contributed by atoms with van der Waals surface area (Å²) >= 11 is 0. The number of hydrogen-bond donors (Lipinski definition) is 0. The quantitative estimate of drug-likeness (QED) is 0.797. The molecule has 0 unspecified atom stereocenters. The summed E-state index contributed by atoms with van der Waals surface area (Å²) in [5.41, 5.74) is 3.80. The van der Waals surface area contributed by atoms with Crippen LogP contribution in [0.4, 0.5) is 0 Å². The summed E-state index contributed by atoms with van der Waals surface area (Å²) in [5, 5.41) is 0. The highest BCUT2D eigenvalue weighted by Crippen LogP contribution is 2.52. The molecule has 0 radical (unpaired) electrons. The van der Waals surface area contributed by atoms with E-state index in [2.05, 4.69) is 11.1 Å². The summed E-state index contributed by atoms with van der Waals surface area (Å²) in [6.07, 6.45) is 7.39. The van der Waals surface area contributed by atoms with Crippen LogP contribution in [0.2, 0.25) is 0 Å². The van der Waals surface area contributed by atoms with Crippen molar-refractivity contribution in [1.82, 2.24) is 4.98 Å². The minimum Gasteiger partial charge on any atom is -0.298 e. The van der Waals surface area contributed by atoms with Gasteiger partial charge in [-0.25, -0.2) is 0 Å². The highest BCUT2D eigenvalue weighted by molar-refractivity contribution is 5.94. The Kier molecular flexibility index (Phi) is 2.35. The van der Waals surface area contributed by atoms with E-state index in [1.165, 1.54) is 23.2 Å². The normalized spacial score (nSPS) is 20.4. The fourth-order valence-corrected chi connectivity index (χ4v) is 3.24. The van der Waals surface area contributed by atoms with Crippen LogP contribution in [-0.2, 0) is 23.1 Å². The second-order valence-electron chi connectivity index (χ2n) is 5.74. The molecule has 0 N–H and O–H groups in total. The summed E-state index contributed by atoms with van der Waals surface area (Å²) < 4.78 is 0. The van der Waals surface area contributed by atoms with E-state index in [0.29, 0.717) is 5.78 Å². The monoisotopic (exact) mass is 229 g/mol. The number of aryl methyl sites for hydroxylation is 1. The predicted molar refractivity (Wildman–Crippen MR) is 67.0 cm³/mol. The van der Waals surface area contributed by atoms with Crippen molar-refractivity contribution in [1.29, 1.82) is 0 Å². The van der Waals surface area contributed by atoms with Crippen LogP contribution in [0.25, 0.3) is 0 Å². The summed E-state index contributed by atoms with van der Waals surface area (Å²) in [6.45, 7) is 4.04. The molecule has 2 heteroatoms. The lowest BCUT2D eigenvalue weighted by Gasteiger charge is -2.19. The molecule has 0 aliphatic heterocycles. The van der Waals surface area contributed by atoms with E-state index in [1.807, 2.05) is 20.0 Å². The van der Waals surface area contributed by atoms with Gasteiger partial charge in [0.1, 0.15) is 5.78 Å². The highest BCUT2D eigenvalue weighted by atomic mass is 16.1. The molecule has 2 aliphatic rings. The van der Waals surface area contributed by atoms with Crippen LogP contribution in [0, 0.1) is 5.92 Å². The first-order valence-corrected chi connectivity index (χ1v) is 6.67. The molecule has 2 aliphatic carbocycles. The Hall–Kier alpha value is -1.18. The van der Waals surface area contributed by atoms with Gasteiger partial charge >= 0.3 is 0 Å². The van der Waals surface area contributed by atoms with Crippen LogP contribution in [0.5, 0.6) is 0 Å². The lowest BCUT2D eigenvalue weighted by atomic mass is 9.83. The molecule has 0 spiro atoms. The van der Waals surface area contributed by atoms with Crippen LogP contribution in [-0.4, -0.2) is 10.8 Å². The van der Waals surface area contributed by atoms with Gasteiger partial charge in [-0.3, -0.25) is 9.78 Å². The maximum Gasteiger partial charge on any atom is 0.145 e. The molecule has 0 aromatic carbocycles. The minimum atomic E-state index is -0.133. The van der Waals surface area contributed by atoms with Gasteiger partial charge in [0.2, 0.25) is 0 Å². The molecule has 1 saturated carbocycles. The van der Waals surface area contributed by atoms with Crippen molar-refractivity contribution in [3.8, 4) is 0 Å². The molecule has 0 amide bonds. The first-order chi connectivity index (χ1) is 8.15. The van der Waals surface area contributed by atoms with Crippen LogP contribution >= 0.6 is 0 Å². The number of ketones is 1. The second-order valence-corrected chi connectivity index (χ2v) is 5.74. The molecular weight excluding hydrogens is 210 g/mol. The van der Waals surface area contributed by atoms with E-state index in [0.717, 1.165) is 25.7 Å². The van der Waals surface area contributed by atoms with Crippen molar-refractivity contribution in [3.63, 3.8) is 0 Å². The molecule has 0 atom stereocenters. The van der Waals surface area contributed by atoms with E-state index in [-0.39, 0.29) is 11.3 Å². The van der Waals surface area contributed by atoms with Gasteiger partial charge in [0.05, 0.1) is 5.41 Å². The molecular formula is C15H19NO. The van der Waals surface area contributed by atoms with Crippen molar-refractivity contribution in [2.45, 2.75) is 51.4 Å². The van der Waals surface area contributed by atoms with Crippen molar-refractivity contribution >= 4 is 5.78 Å². The molecule has 0 saturated heterocycles. The lowest BCUT2D eigenvalue weighted by molar-refractivity contribution is -0.124. The van der Waals surface area contributed by atoms with Gasteiger partial charge in [-0.15, -0.1) is 0 Å². The number of aromatic nitrogens is 1. The smallest absolute Gasteiger partial charge is 0.145 e. The molecule has 1 fully saturated rings. The lowest BCUT2D eigenvalue weighted by Crippen LogP contribution is -2.26. The van der Waals surface area contributed by atoms with Gasteiger partial charge in [0.15, 0.2) is 0 Å². The zero-order valence-electron chi connectivity index (χ0n) is 10.6. The predicted octanol–water partition coefficient (Wildman–Crippen LogP) is 2.83. The number of rotatable bonds is 3. The maximum atomic E-state index is 12.4. The Morgan fingerprint density at radius 1 is 1.35 bits per heavy atom. The summed E-state index contributed by atoms with van der Waals surface area (Å²) in [5.74, 6) is 0.570. The van der Waals surface area contributed by atoms with Gasteiger partial charge in [0.25, 0.3) is 0 Å². The topological polar surface area (TPSA) is 30.0 Å². The number of nitrogens with zero attached hydrogens (tertiary/aromatic N) is 1. The fraction of sp³-hybridized carbons (Fsp3) is 0.600. The molecule has 17 heavy (non-hydrogen) atoms. The molecule has 0 bridgehead atoms. The Balaban J connectivity index is 2.06. The van der Waals surface area contributed by atoms with Gasteiger partial charge in [-0.2, -0.15) is 0 Å². The number of fused-ring (bicyclic) bond motifs is 1. The first-order valence-electron chi connectivity index (χ1n) is 6.67. The van der Waals surface area contributed by atoms with Crippen LogP contribution in [0.1, 0.15) is 49.9 Å². The van der Waals surface area contributed by atoms with E-state index >= 15 is 0 Å². The fourth-order valence-electron chi connectivity index (χ4n) is 3.24. The zero-order valence-corrected chi connectivity index (χ0v) is 10.6. The molecule has 1 aromatic heterocycles. The van der Waals surface area contributed by atoms with Gasteiger partial charge < -0.3 is 0 Å². The molecule has 2 nitrogen and oxygen atoms in total. The average molecular weight is 229 g/mol. The van der Waals surface area contributed by atoms with Crippen molar-refractivity contribution in [2.75, 3.05) is 0 Å². The number of pyridine rings is 1. The molecule has 1 aromatic rings. The SMILES string of the molecule is CC(C)C(=O)C1(c2ccnc3c2CCC3)CC1. The third-order valence-corrected chi connectivity index (χ3v) is 4.25. The van der Waals surface area contributed by atoms with Gasteiger partial charge in [0, 0.05) is 17.8 Å². The Labute approximate surface area is 102 Å². The third-order valence-electron chi connectivity index (χ3n) is 4.25. The van der Waals surface area contributed by atoms with Crippen molar-refractivity contribution in [3.05, 3.63) is 29.1 Å². The average Bonchev–Trinajstić information content (AvgIpc) is 2.98. The van der Waals surface area contributed by atoms with Crippen LogP contribution in [0.3, 0.4) is 0 Å². The van der Waals surface area contributed by atoms with E-state index in [1.54, 1.807) is 0 Å². The Morgan fingerprint density at radius 2 is 2.12 bits per heavy atom. The van der Waals surface area contributed by atoms with Crippen LogP contribution < -0.4 is 0 Å². The molecule has 3 rings (SSSR count). The Bertz CT molecular complexity index is 472. The number of Topliss-reactive ketones (excluding diaryl/α,β-unsaturated/α-hetero) is 1. The first kappa shape index (κ1) is 10.9. The summed E-state index contributed by atoms with van der Waals surface area (Å²) in [6, 6.07) is 2.09. The van der Waals surface area contributed by atoms with E-state index in [4.69, 9.17) is 0 Å². The minimum absolute atomic E-state index is 0.133. The summed E-state index contributed by atoms with van der Waals surface area (Å²) in [4.78, 5) is 16.9. The molecule has 90 valence electrons. The zero-order chi connectivity index (χ0) is 12.0. The van der Waals surface area contributed by atoms with Gasteiger partial charge in [-0.05, 0) is 49.3 Å². The van der Waals surface area contributed by atoms with Crippen LogP contribution in [0.15, 0.2) is 12.3 Å². The highest BCUT2D eigenvalue weighted by Gasteiger charge is 2.52. The van der Waals surface area contributed by atoms with Crippen molar-refractivity contribution < 1.29 is 4.79 Å². The third kappa shape index (κ3) is 1.54.